The molecule has 2 aromatic heterocycles. The first-order valence-corrected chi connectivity index (χ1v) is 9.81. The molecule has 0 aromatic carbocycles. The Hall–Kier alpha value is -2.61. The van der Waals surface area contributed by atoms with E-state index in [1.54, 1.807) is 10.8 Å². The molecule has 0 radical (unpaired) electrons. The first kappa shape index (κ1) is 18.7. The van der Waals surface area contributed by atoms with Crippen LogP contribution in [0.3, 0.4) is 0 Å². The second kappa shape index (κ2) is 6.77. The van der Waals surface area contributed by atoms with E-state index in [2.05, 4.69) is 21.8 Å². The molecule has 0 unspecified atom stereocenters. The van der Waals surface area contributed by atoms with Crippen LogP contribution in [-0.2, 0) is 6.54 Å². The van der Waals surface area contributed by atoms with Crippen LogP contribution in [-0.4, -0.2) is 44.3 Å². The SMILES string of the molecule is CC(C)(C)Cn1c(=O)c(C(=O)NC2CC2)c(O)n2ncc(C3=CCNCC3)c12. The minimum Gasteiger partial charge on any atom is -0.492 e. The third-order valence-electron chi connectivity index (χ3n) is 5.06. The van der Waals surface area contributed by atoms with Crippen LogP contribution in [0.2, 0.25) is 0 Å². The maximum Gasteiger partial charge on any atom is 0.270 e. The minimum atomic E-state index is -0.535. The van der Waals surface area contributed by atoms with E-state index in [1.807, 2.05) is 20.8 Å². The Bertz CT molecular complexity index is 1020. The highest BCUT2D eigenvalue weighted by Gasteiger charge is 2.31. The Morgan fingerprint density at radius 1 is 1.39 bits per heavy atom. The van der Waals surface area contributed by atoms with Crippen LogP contribution in [0.25, 0.3) is 11.2 Å². The lowest BCUT2D eigenvalue weighted by molar-refractivity contribution is 0.0944. The van der Waals surface area contributed by atoms with E-state index in [9.17, 15) is 14.7 Å². The summed E-state index contributed by atoms with van der Waals surface area (Å²) in [4.78, 5) is 26.0. The Morgan fingerprint density at radius 2 is 2.14 bits per heavy atom. The largest absolute Gasteiger partial charge is 0.492 e. The molecule has 28 heavy (non-hydrogen) atoms. The number of rotatable bonds is 4. The van der Waals surface area contributed by atoms with Crippen molar-refractivity contribution in [3.05, 3.63) is 33.8 Å². The predicted octanol–water partition coefficient (Wildman–Crippen LogP) is 1.52. The molecular weight excluding hydrogens is 358 g/mol. The van der Waals surface area contributed by atoms with Gasteiger partial charge in [-0.1, -0.05) is 26.8 Å². The third kappa shape index (κ3) is 3.44. The zero-order chi connectivity index (χ0) is 20.1. The number of hydrogen-bond acceptors (Lipinski definition) is 5. The second-order valence-corrected chi connectivity index (χ2v) is 8.88. The van der Waals surface area contributed by atoms with Crippen LogP contribution >= 0.6 is 0 Å². The molecule has 1 fully saturated rings. The van der Waals surface area contributed by atoms with Crippen molar-refractivity contribution in [2.75, 3.05) is 13.1 Å². The monoisotopic (exact) mass is 385 g/mol. The van der Waals surface area contributed by atoms with Gasteiger partial charge in [0, 0.05) is 24.7 Å². The molecule has 4 rings (SSSR count). The zero-order valence-corrected chi connectivity index (χ0v) is 16.6. The van der Waals surface area contributed by atoms with Gasteiger partial charge in [-0.2, -0.15) is 9.61 Å². The number of nitrogens with one attached hydrogen (secondary N) is 2. The smallest absolute Gasteiger partial charge is 0.270 e. The zero-order valence-electron chi connectivity index (χ0n) is 16.6. The van der Waals surface area contributed by atoms with Gasteiger partial charge in [0.25, 0.3) is 11.5 Å². The van der Waals surface area contributed by atoms with Crippen LogP contribution in [0.1, 0.15) is 56.0 Å². The fourth-order valence-corrected chi connectivity index (χ4v) is 3.59. The van der Waals surface area contributed by atoms with Gasteiger partial charge >= 0.3 is 0 Å². The highest BCUT2D eigenvalue weighted by Crippen LogP contribution is 2.29. The van der Waals surface area contributed by atoms with Gasteiger partial charge in [-0.25, -0.2) is 0 Å². The summed E-state index contributed by atoms with van der Waals surface area (Å²) in [5, 5.41) is 21.2. The van der Waals surface area contributed by atoms with Gasteiger partial charge in [0.1, 0.15) is 5.65 Å². The van der Waals surface area contributed by atoms with Gasteiger partial charge in [-0.15, -0.1) is 0 Å². The van der Waals surface area contributed by atoms with Crippen molar-refractivity contribution in [1.82, 2.24) is 24.8 Å². The molecule has 0 saturated heterocycles. The quantitative estimate of drug-likeness (QED) is 0.741. The number of amides is 1. The van der Waals surface area contributed by atoms with Crippen LogP contribution in [0.4, 0.5) is 0 Å². The lowest BCUT2D eigenvalue weighted by atomic mass is 9.96. The van der Waals surface area contributed by atoms with Crippen molar-refractivity contribution in [1.29, 1.82) is 0 Å². The lowest BCUT2D eigenvalue weighted by Crippen LogP contribution is -2.37. The molecule has 0 spiro atoms. The van der Waals surface area contributed by atoms with Gasteiger partial charge in [-0.3, -0.25) is 14.2 Å². The molecule has 1 amide bonds. The average molecular weight is 385 g/mol. The molecule has 1 aliphatic heterocycles. The number of fused-ring (bicyclic) bond motifs is 1. The van der Waals surface area contributed by atoms with Crippen LogP contribution in [0, 0.1) is 5.41 Å². The highest BCUT2D eigenvalue weighted by atomic mass is 16.3. The van der Waals surface area contributed by atoms with Crippen LogP contribution in [0.5, 0.6) is 5.88 Å². The maximum absolute atomic E-state index is 13.3. The van der Waals surface area contributed by atoms with Gasteiger partial charge < -0.3 is 15.7 Å². The Kier molecular flexibility index (Phi) is 4.53. The van der Waals surface area contributed by atoms with E-state index >= 15 is 0 Å². The molecule has 8 heteroatoms. The van der Waals surface area contributed by atoms with Crippen molar-refractivity contribution in [3.8, 4) is 5.88 Å². The number of carbonyl (C=O) groups excluding carboxylic acids is 1. The molecule has 3 heterocycles. The molecular formula is C20H27N5O3. The summed E-state index contributed by atoms with van der Waals surface area (Å²) in [6.45, 7) is 8.11. The van der Waals surface area contributed by atoms with Gasteiger partial charge in [0.15, 0.2) is 5.56 Å². The molecule has 1 saturated carbocycles. The molecule has 2 aliphatic rings. The summed E-state index contributed by atoms with van der Waals surface area (Å²) in [6.07, 6.45) is 6.37. The van der Waals surface area contributed by atoms with Gasteiger partial charge in [0.05, 0.1) is 6.20 Å². The minimum absolute atomic E-state index is 0.0890. The molecule has 1 aliphatic carbocycles. The Balaban J connectivity index is 1.95. The van der Waals surface area contributed by atoms with Crippen molar-refractivity contribution >= 4 is 17.1 Å². The lowest BCUT2D eigenvalue weighted by Gasteiger charge is -2.23. The summed E-state index contributed by atoms with van der Waals surface area (Å²) >= 11 is 0. The topological polar surface area (TPSA) is 101 Å². The van der Waals surface area contributed by atoms with Crippen molar-refractivity contribution in [3.63, 3.8) is 0 Å². The van der Waals surface area contributed by atoms with E-state index in [1.165, 1.54) is 4.52 Å². The number of aromatic nitrogens is 3. The van der Waals surface area contributed by atoms with Crippen LogP contribution in [0.15, 0.2) is 17.1 Å². The molecule has 3 N–H and O–H groups in total. The van der Waals surface area contributed by atoms with E-state index in [0.717, 1.165) is 43.5 Å². The van der Waals surface area contributed by atoms with Gasteiger partial charge in [-0.05, 0) is 36.8 Å². The summed E-state index contributed by atoms with van der Waals surface area (Å²) < 4.78 is 2.92. The van der Waals surface area contributed by atoms with E-state index in [0.29, 0.717) is 12.2 Å². The fraction of sp³-hybridized carbons (Fsp3) is 0.550. The fourth-order valence-electron chi connectivity index (χ4n) is 3.59. The first-order valence-electron chi connectivity index (χ1n) is 9.81. The van der Waals surface area contributed by atoms with Gasteiger partial charge in [0.2, 0.25) is 5.88 Å². The second-order valence-electron chi connectivity index (χ2n) is 8.88. The summed E-state index contributed by atoms with van der Waals surface area (Å²) in [6, 6.07) is 0.0890. The predicted molar refractivity (Wildman–Crippen MR) is 107 cm³/mol. The third-order valence-corrected chi connectivity index (χ3v) is 5.06. The first-order chi connectivity index (χ1) is 13.3. The highest BCUT2D eigenvalue weighted by molar-refractivity contribution is 5.97. The molecule has 8 nitrogen and oxygen atoms in total. The average Bonchev–Trinajstić information content (AvgIpc) is 3.32. The normalized spacial score (nSPS) is 17.6. The summed E-state index contributed by atoms with van der Waals surface area (Å²) in [5.74, 6) is -0.934. The number of hydrogen-bond donors (Lipinski definition) is 3. The summed E-state index contributed by atoms with van der Waals surface area (Å²) in [5.41, 5.74) is 1.54. The number of aromatic hydroxyl groups is 1. The maximum atomic E-state index is 13.3. The number of carbonyl (C=O) groups is 1. The Morgan fingerprint density at radius 3 is 2.75 bits per heavy atom. The summed E-state index contributed by atoms with van der Waals surface area (Å²) in [7, 11) is 0. The number of nitrogens with zero attached hydrogens (tertiary/aromatic N) is 3. The molecule has 2 aromatic rings. The van der Waals surface area contributed by atoms with Crippen LogP contribution < -0.4 is 16.2 Å². The van der Waals surface area contributed by atoms with Crippen molar-refractivity contribution < 1.29 is 9.90 Å². The van der Waals surface area contributed by atoms with E-state index in [-0.39, 0.29) is 17.0 Å². The molecule has 0 atom stereocenters. The van der Waals surface area contributed by atoms with Crippen molar-refractivity contribution in [2.45, 2.75) is 52.6 Å². The Labute approximate surface area is 163 Å². The van der Waals surface area contributed by atoms with Crippen molar-refractivity contribution in [2.24, 2.45) is 5.41 Å². The molecule has 150 valence electrons. The standard InChI is InChI=1S/C20H27N5O3/c1-20(2,3)11-24-17-14(12-6-8-21-9-7-12)10-22-25(17)19(28)15(18(24)27)16(26)23-13-4-5-13/h6,10,13,21,28H,4-5,7-9,11H2,1-3H3,(H,23,26). The van der Waals surface area contributed by atoms with E-state index in [4.69, 9.17) is 0 Å². The molecule has 0 bridgehead atoms. The van der Waals surface area contributed by atoms with E-state index < -0.39 is 17.3 Å².